The van der Waals surface area contributed by atoms with E-state index in [9.17, 15) is 0 Å². The monoisotopic (exact) mass is 447 g/mol. The van der Waals surface area contributed by atoms with Crippen LogP contribution in [-0.4, -0.2) is 71.2 Å². The second-order valence-electron chi connectivity index (χ2n) is 10.1. The molecule has 8 nitrogen and oxygen atoms in total. The zero-order chi connectivity index (χ0) is 22.6. The van der Waals surface area contributed by atoms with Gasteiger partial charge in [-0.05, 0) is 37.5 Å². The molecule has 2 atom stereocenters. The van der Waals surface area contributed by atoms with Crippen LogP contribution < -0.4 is 15.1 Å². The van der Waals surface area contributed by atoms with Crippen molar-refractivity contribution in [3.8, 4) is 0 Å². The molecule has 3 fully saturated rings. The Morgan fingerprint density at radius 3 is 2.79 bits per heavy atom. The van der Waals surface area contributed by atoms with Gasteiger partial charge in [0, 0.05) is 50.5 Å². The number of piperidine rings is 1. The maximum absolute atomic E-state index is 6.03. The number of ether oxygens (including phenoxy) is 1. The van der Waals surface area contributed by atoms with E-state index in [2.05, 4.69) is 63.4 Å². The van der Waals surface area contributed by atoms with Crippen LogP contribution in [0.5, 0.6) is 0 Å². The highest BCUT2D eigenvalue weighted by molar-refractivity contribution is 5.89. The Morgan fingerprint density at radius 2 is 2.06 bits per heavy atom. The summed E-state index contributed by atoms with van der Waals surface area (Å²) in [6.45, 7) is 11.1. The van der Waals surface area contributed by atoms with Crippen molar-refractivity contribution in [1.29, 1.82) is 0 Å². The molecule has 0 aliphatic carbocycles. The maximum atomic E-state index is 6.03. The van der Waals surface area contributed by atoms with Crippen molar-refractivity contribution in [1.82, 2.24) is 25.1 Å². The first-order valence-electron chi connectivity index (χ1n) is 12.1. The van der Waals surface area contributed by atoms with Crippen molar-refractivity contribution in [2.75, 3.05) is 55.7 Å². The molecule has 3 aromatic rings. The Hall–Kier alpha value is -2.71. The summed E-state index contributed by atoms with van der Waals surface area (Å²) < 4.78 is 7.90. The van der Waals surface area contributed by atoms with E-state index in [0.717, 1.165) is 69.0 Å². The van der Waals surface area contributed by atoms with Gasteiger partial charge in [-0.3, -0.25) is 9.67 Å². The topological polar surface area (TPSA) is 71.3 Å². The number of fused-ring (bicyclic) bond motifs is 1. The van der Waals surface area contributed by atoms with Gasteiger partial charge in [0.15, 0.2) is 5.65 Å². The van der Waals surface area contributed by atoms with Crippen LogP contribution in [0.3, 0.4) is 0 Å². The Bertz CT molecular complexity index is 1140. The molecule has 0 saturated carbocycles. The summed E-state index contributed by atoms with van der Waals surface area (Å²) in [5, 5.41) is 9.03. The van der Waals surface area contributed by atoms with Gasteiger partial charge in [-0.15, -0.1) is 0 Å². The third kappa shape index (κ3) is 3.65. The number of aromatic nitrogens is 4. The van der Waals surface area contributed by atoms with Crippen LogP contribution in [0.15, 0.2) is 30.6 Å². The van der Waals surface area contributed by atoms with E-state index in [4.69, 9.17) is 9.72 Å². The fourth-order valence-corrected chi connectivity index (χ4v) is 5.83. The zero-order valence-corrected chi connectivity index (χ0v) is 19.8. The fraction of sp³-hybridized carbons (Fsp3) is 0.560. The molecule has 1 unspecified atom stereocenters. The van der Waals surface area contributed by atoms with Crippen LogP contribution in [0.1, 0.15) is 30.7 Å². The van der Waals surface area contributed by atoms with Gasteiger partial charge in [-0.25, -0.2) is 4.98 Å². The van der Waals surface area contributed by atoms with Crippen molar-refractivity contribution < 1.29 is 4.74 Å². The van der Waals surface area contributed by atoms with Gasteiger partial charge in [0.05, 0.1) is 48.9 Å². The van der Waals surface area contributed by atoms with Gasteiger partial charge in [0.2, 0.25) is 0 Å². The second-order valence-corrected chi connectivity index (χ2v) is 10.1. The lowest BCUT2D eigenvalue weighted by atomic mass is 9.83. The highest BCUT2D eigenvalue weighted by atomic mass is 16.5. The first-order valence-corrected chi connectivity index (χ1v) is 12.1. The van der Waals surface area contributed by atoms with E-state index in [-0.39, 0.29) is 5.60 Å². The summed E-state index contributed by atoms with van der Waals surface area (Å²) in [7, 11) is 1.96. The molecule has 3 aromatic heterocycles. The van der Waals surface area contributed by atoms with Crippen LogP contribution in [-0.2, 0) is 11.8 Å². The average molecular weight is 448 g/mol. The SMILES string of the molecule is Cc1cc(N2CCC(c3ccc(N4CC5(CNCCO5)C4)cn3)[C@@H](C)C2)c2cnn(C)c2n1. The summed E-state index contributed by atoms with van der Waals surface area (Å²) in [4.78, 5) is 14.5. The molecule has 3 aliphatic heterocycles. The average Bonchev–Trinajstić information content (AvgIpc) is 3.18. The normalized spacial score (nSPS) is 24.9. The molecule has 174 valence electrons. The minimum atomic E-state index is 0.00324. The quantitative estimate of drug-likeness (QED) is 0.661. The van der Waals surface area contributed by atoms with Gasteiger partial charge < -0.3 is 19.9 Å². The molecular formula is C25H33N7O. The van der Waals surface area contributed by atoms with Crippen molar-refractivity contribution in [3.05, 3.63) is 42.0 Å². The van der Waals surface area contributed by atoms with Gasteiger partial charge in [-0.2, -0.15) is 5.10 Å². The summed E-state index contributed by atoms with van der Waals surface area (Å²) in [6.07, 6.45) is 5.11. The Labute approximate surface area is 194 Å². The minimum absolute atomic E-state index is 0.00324. The van der Waals surface area contributed by atoms with Crippen LogP contribution in [0.4, 0.5) is 11.4 Å². The lowest BCUT2D eigenvalue weighted by Gasteiger charge is -2.52. The predicted octanol–water partition coefficient (Wildman–Crippen LogP) is 2.48. The first kappa shape index (κ1) is 20.9. The molecule has 0 radical (unpaired) electrons. The first-order chi connectivity index (χ1) is 16.0. The smallest absolute Gasteiger partial charge is 0.159 e. The Balaban J connectivity index is 1.14. The Morgan fingerprint density at radius 1 is 1.18 bits per heavy atom. The van der Waals surface area contributed by atoms with E-state index in [1.165, 1.54) is 17.1 Å². The van der Waals surface area contributed by atoms with Crippen molar-refractivity contribution in [2.24, 2.45) is 13.0 Å². The van der Waals surface area contributed by atoms with Gasteiger partial charge in [-0.1, -0.05) is 6.92 Å². The number of pyridine rings is 2. The number of rotatable bonds is 3. The number of aryl methyl sites for hydroxylation is 2. The number of nitrogens with one attached hydrogen (secondary N) is 1. The summed E-state index contributed by atoms with van der Waals surface area (Å²) in [5.74, 6) is 1.00. The standard InChI is InChI=1S/C25H33N7O/c1-17-13-31(23-10-18(2)29-24-21(23)12-28-30(24)3)8-6-20(17)22-5-4-19(11-27-22)32-15-25(16-32)14-26-7-9-33-25/h4-5,10-12,17,20,26H,6-9,13-16H2,1-3H3/t17-,20?/m0/s1. The minimum Gasteiger partial charge on any atom is -0.371 e. The number of nitrogens with zero attached hydrogens (tertiary/aromatic N) is 6. The van der Waals surface area contributed by atoms with Crippen molar-refractivity contribution in [2.45, 2.75) is 31.8 Å². The van der Waals surface area contributed by atoms with Crippen LogP contribution >= 0.6 is 0 Å². The molecule has 0 bridgehead atoms. The van der Waals surface area contributed by atoms with Gasteiger partial charge >= 0.3 is 0 Å². The molecule has 33 heavy (non-hydrogen) atoms. The third-order valence-electron chi connectivity index (χ3n) is 7.67. The summed E-state index contributed by atoms with van der Waals surface area (Å²) >= 11 is 0. The maximum Gasteiger partial charge on any atom is 0.159 e. The number of hydrogen-bond donors (Lipinski definition) is 1. The van der Waals surface area contributed by atoms with E-state index < -0.39 is 0 Å². The highest BCUT2D eigenvalue weighted by Crippen LogP contribution is 2.37. The van der Waals surface area contributed by atoms with Crippen LogP contribution in [0.2, 0.25) is 0 Å². The summed E-state index contributed by atoms with van der Waals surface area (Å²) in [6, 6.07) is 6.69. The highest BCUT2D eigenvalue weighted by Gasteiger charge is 2.45. The fourth-order valence-electron chi connectivity index (χ4n) is 5.83. The molecule has 3 aliphatic rings. The number of anilines is 2. The van der Waals surface area contributed by atoms with E-state index in [1.54, 1.807) is 0 Å². The van der Waals surface area contributed by atoms with E-state index in [1.807, 2.05) is 17.9 Å². The second kappa shape index (κ2) is 7.95. The van der Waals surface area contributed by atoms with E-state index >= 15 is 0 Å². The lowest BCUT2D eigenvalue weighted by molar-refractivity contribution is -0.0828. The molecule has 6 heterocycles. The molecular weight excluding hydrogens is 414 g/mol. The largest absolute Gasteiger partial charge is 0.371 e. The van der Waals surface area contributed by atoms with Crippen LogP contribution in [0.25, 0.3) is 11.0 Å². The molecule has 0 amide bonds. The molecule has 0 aromatic carbocycles. The lowest BCUT2D eigenvalue weighted by Crippen LogP contribution is -2.69. The predicted molar refractivity (Wildman–Crippen MR) is 130 cm³/mol. The molecule has 8 heteroatoms. The molecule has 1 spiro atoms. The van der Waals surface area contributed by atoms with Crippen LogP contribution in [0, 0.1) is 12.8 Å². The Kier molecular flexibility index (Phi) is 5.03. The third-order valence-corrected chi connectivity index (χ3v) is 7.67. The van der Waals surface area contributed by atoms with Gasteiger partial charge in [0.1, 0.15) is 5.60 Å². The number of hydrogen-bond acceptors (Lipinski definition) is 7. The van der Waals surface area contributed by atoms with Crippen molar-refractivity contribution >= 4 is 22.4 Å². The summed E-state index contributed by atoms with van der Waals surface area (Å²) in [5.41, 5.74) is 5.67. The molecule has 3 saturated heterocycles. The van der Waals surface area contributed by atoms with E-state index in [0.29, 0.717) is 11.8 Å². The molecule has 6 rings (SSSR count). The zero-order valence-electron chi connectivity index (χ0n) is 19.8. The molecule has 1 N–H and O–H groups in total. The van der Waals surface area contributed by atoms with Gasteiger partial charge in [0.25, 0.3) is 0 Å². The van der Waals surface area contributed by atoms with Crippen molar-refractivity contribution in [3.63, 3.8) is 0 Å². The number of morpholine rings is 1.